The topological polar surface area (TPSA) is 69.9 Å². The second-order valence-corrected chi connectivity index (χ2v) is 8.48. The van der Waals surface area contributed by atoms with Crippen LogP contribution in [0.4, 0.5) is 5.69 Å². The summed E-state index contributed by atoms with van der Waals surface area (Å²) >= 11 is 7.60. The molecule has 8 heteroatoms. The lowest BCUT2D eigenvalue weighted by molar-refractivity contribution is -0.762. The van der Waals surface area contributed by atoms with Crippen LogP contribution in [0.1, 0.15) is 18.7 Å². The maximum Gasteiger partial charge on any atom is 0.325 e. The van der Waals surface area contributed by atoms with E-state index in [-0.39, 0.29) is 11.5 Å². The molecule has 5 rings (SSSR count). The molecule has 4 aromatic rings. The number of rotatable bonds is 2. The molecule has 0 bridgehead atoms. The van der Waals surface area contributed by atoms with E-state index >= 15 is 0 Å². The summed E-state index contributed by atoms with van der Waals surface area (Å²) in [6.45, 7) is 1.52. The molecule has 0 fully saturated rings. The highest BCUT2D eigenvalue weighted by Gasteiger charge is 2.45. The molecule has 0 unspecified atom stereocenters. The molecular formula is C23H18ClN4O2S+. The number of hydrogen-bond donors (Lipinski definition) is 1. The van der Waals surface area contributed by atoms with Gasteiger partial charge in [0, 0.05) is 17.0 Å². The third-order valence-corrected chi connectivity index (χ3v) is 6.25. The number of aromatic amines is 1. The molecule has 1 aromatic heterocycles. The number of H-pyrrole nitrogens is 1. The largest absolute Gasteiger partial charge is 0.325 e. The van der Waals surface area contributed by atoms with Gasteiger partial charge < -0.3 is 0 Å². The fourth-order valence-electron chi connectivity index (χ4n) is 4.19. The Morgan fingerprint density at radius 3 is 2.71 bits per heavy atom. The standard InChI is InChI=1S/C23H17ClN4O2S/c1-13(29)27-19-11-10-15(24)12-18(19)20-21(30)25-23(31-2)26-28(20)22(27)17-9-5-7-14-6-3-4-8-16(14)17/h3-12,22H,1-2H3/p+1/t22-/m0/s1. The van der Waals surface area contributed by atoms with Crippen LogP contribution in [0.3, 0.4) is 0 Å². The number of benzene rings is 3. The second-order valence-electron chi connectivity index (χ2n) is 7.25. The average Bonchev–Trinajstić information content (AvgIpc) is 2.77. The first-order chi connectivity index (χ1) is 15.0. The average molecular weight is 450 g/mol. The minimum atomic E-state index is -0.625. The molecule has 0 spiro atoms. The molecular weight excluding hydrogens is 432 g/mol. The molecule has 154 valence electrons. The van der Waals surface area contributed by atoms with Crippen LogP contribution in [-0.2, 0) is 4.79 Å². The number of carbonyl (C=O) groups excluding carboxylic acids is 1. The number of carbonyl (C=O) groups is 1. The predicted octanol–water partition coefficient (Wildman–Crippen LogP) is 4.17. The molecule has 0 saturated carbocycles. The molecule has 3 aromatic carbocycles. The number of aromatic nitrogens is 3. The van der Waals surface area contributed by atoms with Crippen molar-refractivity contribution in [3.63, 3.8) is 0 Å². The minimum absolute atomic E-state index is 0.160. The predicted molar refractivity (Wildman–Crippen MR) is 123 cm³/mol. The van der Waals surface area contributed by atoms with Crippen LogP contribution in [0.15, 0.2) is 70.6 Å². The lowest BCUT2D eigenvalue weighted by atomic mass is 9.97. The van der Waals surface area contributed by atoms with Crippen LogP contribution in [0.2, 0.25) is 5.02 Å². The van der Waals surface area contributed by atoms with Crippen LogP contribution in [-0.4, -0.2) is 22.2 Å². The van der Waals surface area contributed by atoms with E-state index < -0.39 is 6.17 Å². The zero-order chi connectivity index (χ0) is 21.7. The van der Waals surface area contributed by atoms with E-state index in [1.54, 1.807) is 27.8 Å². The van der Waals surface area contributed by atoms with Crippen molar-refractivity contribution >= 4 is 45.7 Å². The minimum Gasteiger partial charge on any atom is -0.291 e. The van der Waals surface area contributed by atoms with Gasteiger partial charge in [0.1, 0.15) is 0 Å². The normalized spacial score (nSPS) is 14.9. The third kappa shape index (κ3) is 3.12. The van der Waals surface area contributed by atoms with E-state index in [1.807, 2.05) is 48.7 Å². The maximum atomic E-state index is 13.2. The van der Waals surface area contributed by atoms with Gasteiger partial charge in [-0.15, -0.1) is 0 Å². The number of nitrogens with one attached hydrogen (secondary N) is 1. The summed E-state index contributed by atoms with van der Waals surface area (Å²) in [5.74, 6) is -0.160. The van der Waals surface area contributed by atoms with Crippen molar-refractivity contribution in [2.75, 3.05) is 11.2 Å². The number of nitrogens with zero attached hydrogens (tertiary/aromatic N) is 3. The molecule has 0 aliphatic carbocycles. The van der Waals surface area contributed by atoms with Crippen LogP contribution < -0.4 is 15.1 Å². The molecule has 1 N–H and O–H groups in total. The first-order valence-corrected chi connectivity index (χ1v) is 11.3. The highest BCUT2D eigenvalue weighted by molar-refractivity contribution is 7.98. The second kappa shape index (κ2) is 7.51. The van der Waals surface area contributed by atoms with Crippen molar-refractivity contribution in [1.82, 2.24) is 10.1 Å². The van der Waals surface area contributed by atoms with E-state index in [0.29, 0.717) is 27.1 Å². The van der Waals surface area contributed by atoms with Gasteiger partial charge in [0.25, 0.3) is 6.17 Å². The number of halogens is 1. The SMILES string of the molecule is CSc1n[n+]2c(c(=O)[nH]1)-c1cc(Cl)ccc1N(C(C)=O)[C@@H]2c1cccc2ccccc12. The van der Waals surface area contributed by atoms with Crippen LogP contribution >= 0.6 is 23.4 Å². The third-order valence-electron chi connectivity index (χ3n) is 5.45. The Morgan fingerprint density at radius 2 is 1.94 bits per heavy atom. The summed E-state index contributed by atoms with van der Waals surface area (Å²) in [5, 5.41) is 7.68. The molecule has 1 aliphatic heterocycles. The molecule has 1 aliphatic rings. The van der Waals surface area contributed by atoms with Crippen molar-refractivity contribution < 1.29 is 9.48 Å². The maximum absolute atomic E-state index is 13.2. The van der Waals surface area contributed by atoms with Crippen molar-refractivity contribution in [2.45, 2.75) is 18.2 Å². The van der Waals surface area contributed by atoms with Crippen molar-refractivity contribution in [1.29, 1.82) is 0 Å². The molecule has 6 nitrogen and oxygen atoms in total. The van der Waals surface area contributed by atoms with Crippen LogP contribution in [0.5, 0.6) is 0 Å². The van der Waals surface area contributed by atoms with E-state index in [0.717, 1.165) is 16.3 Å². The molecule has 0 saturated heterocycles. The van der Waals surface area contributed by atoms with Crippen LogP contribution in [0.25, 0.3) is 22.0 Å². The zero-order valence-corrected chi connectivity index (χ0v) is 18.4. The van der Waals surface area contributed by atoms with Gasteiger partial charge in [-0.05, 0) is 46.0 Å². The first kappa shape index (κ1) is 19.8. The monoisotopic (exact) mass is 449 g/mol. The van der Waals surface area contributed by atoms with Crippen molar-refractivity contribution in [3.05, 3.63) is 81.6 Å². The van der Waals surface area contributed by atoms with Gasteiger partial charge in [-0.2, -0.15) is 0 Å². The van der Waals surface area contributed by atoms with E-state index in [9.17, 15) is 9.59 Å². The Hall–Kier alpha value is -3.16. The smallest absolute Gasteiger partial charge is 0.291 e. The van der Waals surface area contributed by atoms with Gasteiger partial charge in [-0.1, -0.05) is 59.8 Å². The van der Waals surface area contributed by atoms with Gasteiger partial charge in [-0.25, -0.2) is 4.90 Å². The Balaban J connectivity index is 1.92. The van der Waals surface area contributed by atoms with Gasteiger partial charge in [-0.3, -0.25) is 14.6 Å². The molecule has 0 radical (unpaired) electrons. The quantitative estimate of drug-likeness (QED) is 0.368. The highest BCUT2D eigenvalue weighted by Crippen LogP contribution is 2.40. The number of fused-ring (bicyclic) bond motifs is 4. The van der Waals surface area contributed by atoms with Crippen molar-refractivity contribution in [2.24, 2.45) is 0 Å². The first-order valence-electron chi connectivity index (χ1n) is 9.67. The molecule has 31 heavy (non-hydrogen) atoms. The zero-order valence-electron chi connectivity index (χ0n) is 16.8. The van der Waals surface area contributed by atoms with Gasteiger partial charge >= 0.3 is 11.3 Å². The number of thioether (sulfide) groups is 1. The summed E-state index contributed by atoms with van der Waals surface area (Å²) in [4.78, 5) is 30.6. The summed E-state index contributed by atoms with van der Waals surface area (Å²) in [5.41, 5.74) is 2.16. The highest BCUT2D eigenvalue weighted by atomic mass is 35.5. The fourth-order valence-corrected chi connectivity index (χ4v) is 4.72. The fraction of sp³-hybridized carbons (Fsp3) is 0.130. The number of hydrogen-bond acceptors (Lipinski definition) is 4. The van der Waals surface area contributed by atoms with Gasteiger partial charge in [0.15, 0.2) is 0 Å². The Labute approximate surface area is 187 Å². The summed E-state index contributed by atoms with van der Waals surface area (Å²) in [6, 6.07) is 19.1. The number of anilines is 1. The molecule has 1 atom stereocenters. The summed E-state index contributed by atoms with van der Waals surface area (Å²) in [7, 11) is 0. The Kier molecular flexibility index (Phi) is 4.79. The van der Waals surface area contributed by atoms with E-state index in [1.165, 1.54) is 18.7 Å². The van der Waals surface area contributed by atoms with E-state index in [4.69, 9.17) is 16.7 Å². The van der Waals surface area contributed by atoms with E-state index in [2.05, 4.69) is 4.98 Å². The summed E-state index contributed by atoms with van der Waals surface area (Å²) in [6.07, 6.45) is 1.22. The lowest BCUT2D eigenvalue weighted by Gasteiger charge is -2.32. The Morgan fingerprint density at radius 1 is 1.16 bits per heavy atom. The van der Waals surface area contributed by atoms with Gasteiger partial charge in [0.05, 0.1) is 16.8 Å². The lowest BCUT2D eigenvalue weighted by Crippen LogP contribution is -2.60. The summed E-state index contributed by atoms with van der Waals surface area (Å²) < 4.78 is 1.65. The van der Waals surface area contributed by atoms with Crippen molar-refractivity contribution in [3.8, 4) is 11.3 Å². The molecule has 2 heterocycles. The molecule has 1 amide bonds. The van der Waals surface area contributed by atoms with Crippen LogP contribution in [0, 0.1) is 0 Å². The van der Waals surface area contributed by atoms with Gasteiger partial charge in [0.2, 0.25) is 11.1 Å². The Bertz CT molecular complexity index is 1410. The number of amides is 1.